The van der Waals surface area contributed by atoms with E-state index in [2.05, 4.69) is 15.8 Å². The van der Waals surface area contributed by atoms with Crippen LogP contribution < -0.4 is 11.3 Å². The quantitative estimate of drug-likeness (QED) is 0.654. The van der Waals surface area contributed by atoms with Crippen molar-refractivity contribution in [3.05, 3.63) is 50.9 Å². The van der Waals surface area contributed by atoms with E-state index >= 15 is 0 Å². The third kappa shape index (κ3) is 3.78. The van der Waals surface area contributed by atoms with Crippen LogP contribution in [0.25, 0.3) is 0 Å². The number of nitrogens with one attached hydrogen (secondary N) is 1. The average Bonchev–Trinajstić information content (AvgIpc) is 2.77. The molecule has 18 heavy (non-hydrogen) atoms. The molecule has 96 valence electrons. The highest BCUT2D eigenvalue weighted by molar-refractivity contribution is 7.09. The van der Waals surface area contributed by atoms with Gasteiger partial charge in [0.25, 0.3) is 0 Å². The Labute approximate surface area is 116 Å². The topological polar surface area (TPSA) is 50.9 Å². The van der Waals surface area contributed by atoms with E-state index < -0.39 is 0 Å². The molecule has 1 atom stereocenters. The summed E-state index contributed by atoms with van der Waals surface area (Å²) >= 11 is 7.53. The van der Waals surface area contributed by atoms with Gasteiger partial charge in [-0.25, -0.2) is 4.98 Å². The lowest BCUT2D eigenvalue weighted by molar-refractivity contribution is 0.518. The van der Waals surface area contributed by atoms with Crippen molar-refractivity contribution in [1.82, 2.24) is 10.4 Å². The number of benzene rings is 1. The molecule has 0 saturated heterocycles. The lowest BCUT2D eigenvalue weighted by atomic mass is 10.0. The van der Waals surface area contributed by atoms with E-state index in [1.165, 1.54) is 5.56 Å². The van der Waals surface area contributed by atoms with Gasteiger partial charge in [-0.2, -0.15) is 0 Å². The molecule has 2 aromatic rings. The van der Waals surface area contributed by atoms with E-state index in [1.54, 1.807) is 11.3 Å². The molecule has 0 radical (unpaired) electrons. The van der Waals surface area contributed by atoms with Crippen molar-refractivity contribution in [2.75, 3.05) is 0 Å². The molecule has 0 saturated carbocycles. The van der Waals surface area contributed by atoms with Crippen LogP contribution in [-0.4, -0.2) is 11.0 Å². The van der Waals surface area contributed by atoms with E-state index in [1.807, 2.05) is 31.2 Å². The Morgan fingerprint density at radius 1 is 1.33 bits per heavy atom. The number of hydrogen-bond donors (Lipinski definition) is 2. The minimum Gasteiger partial charge on any atom is -0.271 e. The summed E-state index contributed by atoms with van der Waals surface area (Å²) in [6.07, 6.45) is 1.70. The molecule has 5 heteroatoms. The standard InChI is InChI=1S/C13H16ClN3S/c1-9-16-13(8-18-9)7-12(17-15)6-10-2-4-11(14)5-3-10/h2-5,8,12,17H,6-7,15H2,1H3. The number of aryl methyl sites for hydroxylation is 1. The maximum absolute atomic E-state index is 5.87. The average molecular weight is 282 g/mol. The van der Waals surface area contributed by atoms with Crippen molar-refractivity contribution in [2.45, 2.75) is 25.8 Å². The lowest BCUT2D eigenvalue weighted by Gasteiger charge is -2.14. The predicted octanol–water partition coefficient (Wildman–Crippen LogP) is 2.72. The van der Waals surface area contributed by atoms with Gasteiger partial charge in [-0.15, -0.1) is 11.3 Å². The molecular formula is C13H16ClN3S. The SMILES string of the molecule is Cc1nc(CC(Cc2ccc(Cl)cc2)NN)cs1. The van der Waals surface area contributed by atoms with Crippen LogP contribution in [0.2, 0.25) is 5.02 Å². The van der Waals surface area contributed by atoms with Gasteiger partial charge in [0.05, 0.1) is 10.7 Å². The fraction of sp³-hybridized carbons (Fsp3) is 0.308. The van der Waals surface area contributed by atoms with Gasteiger partial charge in [0.1, 0.15) is 0 Å². The highest BCUT2D eigenvalue weighted by atomic mass is 35.5. The second-order valence-electron chi connectivity index (χ2n) is 4.26. The summed E-state index contributed by atoms with van der Waals surface area (Å²) < 4.78 is 0. The number of hydrogen-bond acceptors (Lipinski definition) is 4. The zero-order chi connectivity index (χ0) is 13.0. The second kappa shape index (κ2) is 6.29. The molecule has 1 aromatic heterocycles. The maximum Gasteiger partial charge on any atom is 0.0897 e. The number of thiazole rings is 1. The number of hydrazine groups is 1. The Morgan fingerprint density at radius 3 is 2.61 bits per heavy atom. The zero-order valence-corrected chi connectivity index (χ0v) is 11.8. The van der Waals surface area contributed by atoms with Gasteiger partial charge in [-0.3, -0.25) is 11.3 Å². The van der Waals surface area contributed by atoms with Gasteiger partial charge < -0.3 is 0 Å². The summed E-state index contributed by atoms with van der Waals surface area (Å²) in [5.74, 6) is 5.60. The number of halogens is 1. The van der Waals surface area contributed by atoms with Crippen LogP contribution in [0.5, 0.6) is 0 Å². The normalized spacial score (nSPS) is 12.6. The molecule has 2 rings (SSSR count). The van der Waals surface area contributed by atoms with Crippen LogP contribution in [0.1, 0.15) is 16.3 Å². The molecule has 1 aromatic carbocycles. The Kier molecular flexibility index (Phi) is 4.72. The maximum atomic E-state index is 5.87. The fourth-order valence-electron chi connectivity index (χ4n) is 1.85. The largest absolute Gasteiger partial charge is 0.271 e. The van der Waals surface area contributed by atoms with Crippen molar-refractivity contribution in [2.24, 2.45) is 5.84 Å². The van der Waals surface area contributed by atoms with Crippen LogP contribution >= 0.6 is 22.9 Å². The number of nitrogens with zero attached hydrogens (tertiary/aromatic N) is 1. The van der Waals surface area contributed by atoms with E-state index in [0.29, 0.717) is 0 Å². The van der Waals surface area contributed by atoms with E-state index in [9.17, 15) is 0 Å². The summed E-state index contributed by atoms with van der Waals surface area (Å²) in [6.45, 7) is 2.01. The molecule has 0 bridgehead atoms. The first-order chi connectivity index (χ1) is 8.67. The van der Waals surface area contributed by atoms with Crippen molar-refractivity contribution in [3.8, 4) is 0 Å². The van der Waals surface area contributed by atoms with Crippen LogP contribution in [-0.2, 0) is 12.8 Å². The third-order valence-electron chi connectivity index (χ3n) is 2.75. The van der Waals surface area contributed by atoms with Gasteiger partial charge in [-0.05, 0) is 31.0 Å². The van der Waals surface area contributed by atoms with Crippen LogP contribution in [0.4, 0.5) is 0 Å². The molecule has 0 aliphatic carbocycles. The molecule has 0 aliphatic rings. The first-order valence-electron chi connectivity index (χ1n) is 5.79. The monoisotopic (exact) mass is 281 g/mol. The van der Waals surface area contributed by atoms with Crippen molar-refractivity contribution in [1.29, 1.82) is 0 Å². The third-order valence-corrected chi connectivity index (χ3v) is 3.83. The number of aromatic nitrogens is 1. The summed E-state index contributed by atoms with van der Waals surface area (Å²) in [7, 11) is 0. The van der Waals surface area contributed by atoms with Gasteiger partial charge in [-0.1, -0.05) is 23.7 Å². The molecular weight excluding hydrogens is 266 g/mol. The summed E-state index contributed by atoms with van der Waals surface area (Å²) in [4.78, 5) is 4.46. The van der Waals surface area contributed by atoms with E-state index in [-0.39, 0.29) is 6.04 Å². The first kappa shape index (κ1) is 13.5. The molecule has 0 fully saturated rings. The van der Waals surface area contributed by atoms with Gasteiger partial charge in [0, 0.05) is 22.9 Å². The van der Waals surface area contributed by atoms with E-state index in [0.717, 1.165) is 28.6 Å². The molecule has 1 unspecified atom stereocenters. The fourth-order valence-corrected chi connectivity index (χ4v) is 2.60. The zero-order valence-electron chi connectivity index (χ0n) is 10.2. The predicted molar refractivity (Wildman–Crippen MR) is 76.8 cm³/mol. The van der Waals surface area contributed by atoms with Crippen LogP contribution in [0.3, 0.4) is 0 Å². The highest BCUT2D eigenvalue weighted by Crippen LogP contribution is 2.14. The van der Waals surface area contributed by atoms with Crippen molar-refractivity contribution >= 4 is 22.9 Å². The highest BCUT2D eigenvalue weighted by Gasteiger charge is 2.10. The minimum atomic E-state index is 0.188. The Morgan fingerprint density at radius 2 is 2.06 bits per heavy atom. The molecule has 3 nitrogen and oxygen atoms in total. The van der Waals surface area contributed by atoms with Crippen molar-refractivity contribution in [3.63, 3.8) is 0 Å². The number of nitrogens with two attached hydrogens (primary N) is 1. The van der Waals surface area contributed by atoms with Gasteiger partial charge >= 0.3 is 0 Å². The van der Waals surface area contributed by atoms with Gasteiger partial charge in [0.15, 0.2) is 0 Å². The molecule has 0 spiro atoms. The summed E-state index contributed by atoms with van der Waals surface area (Å²) in [5, 5.41) is 3.93. The molecule has 3 N–H and O–H groups in total. The van der Waals surface area contributed by atoms with Gasteiger partial charge in [0.2, 0.25) is 0 Å². The van der Waals surface area contributed by atoms with Crippen LogP contribution in [0, 0.1) is 6.92 Å². The lowest BCUT2D eigenvalue weighted by Crippen LogP contribution is -2.38. The summed E-state index contributed by atoms with van der Waals surface area (Å²) in [5.41, 5.74) is 5.16. The molecule has 0 aliphatic heterocycles. The Bertz CT molecular complexity index is 495. The second-order valence-corrected chi connectivity index (χ2v) is 5.75. The minimum absolute atomic E-state index is 0.188. The smallest absolute Gasteiger partial charge is 0.0897 e. The van der Waals surface area contributed by atoms with E-state index in [4.69, 9.17) is 17.4 Å². The summed E-state index contributed by atoms with van der Waals surface area (Å²) in [6, 6.07) is 8.04. The number of rotatable bonds is 5. The Hall–Kier alpha value is -0.940. The molecule has 0 amide bonds. The van der Waals surface area contributed by atoms with Crippen LogP contribution in [0.15, 0.2) is 29.6 Å². The first-order valence-corrected chi connectivity index (χ1v) is 7.04. The Balaban J connectivity index is 1.99. The molecule has 1 heterocycles. The van der Waals surface area contributed by atoms with Crippen molar-refractivity contribution < 1.29 is 0 Å².